The molecule has 0 aliphatic heterocycles. The molecule has 1 aromatic rings. The van der Waals surface area contributed by atoms with Crippen LogP contribution in [-0.4, -0.2) is 11.1 Å². The van der Waals surface area contributed by atoms with E-state index in [-0.39, 0.29) is 12.3 Å². The van der Waals surface area contributed by atoms with Crippen molar-refractivity contribution in [2.24, 2.45) is 5.92 Å². The highest BCUT2D eigenvalue weighted by atomic mass is 79.9. The SMILES string of the molecule is O=C(O)CC(c1ccc(C2CC2)c(Br)c1)C1CC1. The maximum absolute atomic E-state index is 11.0. The van der Waals surface area contributed by atoms with E-state index in [4.69, 9.17) is 5.11 Å². The van der Waals surface area contributed by atoms with Crippen molar-refractivity contribution in [3.8, 4) is 0 Å². The molecule has 0 spiro atoms. The summed E-state index contributed by atoms with van der Waals surface area (Å²) < 4.78 is 1.17. The van der Waals surface area contributed by atoms with Crippen LogP contribution in [0.2, 0.25) is 0 Å². The zero-order chi connectivity index (χ0) is 12.7. The standard InChI is InChI=1S/C15H17BrO2/c16-14-7-11(5-6-12(14)9-1-2-9)13(8-15(17)18)10-3-4-10/h5-7,9-10,13H,1-4,8H2,(H,17,18). The first-order valence-corrected chi connectivity index (χ1v) is 7.45. The Morgan fingerprint density at radius 2 is 2.06 bits per heavy atom. The molecule has 1 unspecified atom stereocenters. The van der Waals surface area contributed by atoms with Crippen LogP contribution in [0.5, 0.6) is 0 Å². The van der Waals surface area contributed by atoms with Gasteiger partial charge in [0.2, 0.25) is 0 Å². The van der Waals surface area contributed by atoms with Crippen LogP contribution in [0.25, 0.3) is 0 Å². The quantitative estimate of drug-likeness (QED) is 0.880. The molecule has 1 N–H and O–H groups in total. The van der Waals surface area contributed by atoms with Crippen molar-refractivity contribution in [2.75, 3.05) is 0 Å². The number of carboxylic acid groups (broad SMARTS) is 1. The Bertz CT molecular complexity index is 475. The zero-order valence-electron chi connectivity index (χ0n) is 10.2. The van der Waals surface area contributed by atoms with Crippen molar-refractivity contribution in [1.29, 1.82) is 0 Å². The van der Waals surface area contributed by atoms with Gasteiger partial charge in [0.1, 0.15) is 0 Å². The lowest BCUT2D eigenvalue weighted by Crippen LogP contribution is -2.08. The Hall–Kier alpha value is -0.830. The predicted molar refractivity (Wildman–Crippen MR) is 73.8 cm³/mol. The van der Waals surface area contributed by atoms with E-state index < -0.39 is 5.97 Å². The minimum Gasteiger partial charge on any atom is -0.481 e. The molecule has 1 aromatic carbocycles. The molecule has 0 heterocycles. The van der Waals surface area contributed by atoms with Crippen molar-refractivity contribution < 1.29 is 9.90 Å². The van der Waals surface area contributed by atoms with Gasteiger partial charge < -0.3 is 5.11 Å². The fourth-order valence-electron chi connectivity index (χ4n) is 2.74. The third-order valence-electron chi connectivity index (χ3n) is 4.06. The zero-order valence-corrected chi connectivity index (χ0v) is 11.8. The van der Waals surface area contributed by atoms with Crippen molar-refractivity contribution in [3.05, 3.63) is 33.8 Å². The lowest BCUT2D eigenvalue weighted by molar-refractivity contribution is -0.137. The van der Waals surface area contributed by atoms with Crippen LogP contribution < -0.4 is 0 Å². The molecule has 2 aliphatic carbocycles. The summed E-state index contributed by atoms with van der Waals surface area (Å²) in [6.07, 6.45) is 5.21. The van der Waals surface area contributed by atoms with Gasteiger partial charge >= 0.3 is 5.97 Å². The molecule has 0 aromatic heterocycles. The van der Waals surface area contributed by atoms with E-state index >= 15 is 0 Å². The van der Waals surface area contributed by atoms with Gasteiger partial charge in [-0.15, -0.1) is 0 Å². The van der Waals surface area contributed by atoms with E-state index in [9.17, 15) is 4.79 Å². The molecule has 3 heteroatoms. The smallest absolute Gasteiger partial charge is 0.303 e. The molecule has 3 rings (SSSR count). The normalized spacial score (nSPS) is 20.7. The first kappa shape index (κ1) is 12.2. The second kappa shape index (κ2) is 4.69. The number of hydrogen-bond acceptors (Lipinski definition) is 1. The molecule has 2 aliphatic rings. The third kappa shape index (κ3) is 2.61. The van der Waals surface area contributed by atoms with Crippen molar-refractivity contribution >= 4 is 21.9 Å². The summed E-state index contributed by atoms with van der Waals surface area (Å²) in [7, 11) is 0. The number of hydrogen-bond donors (Lipinski definition) is 1. The molecule has 1 atom stereocenters. The topological polar surface area (TPSA) is 37.3 Å². The van der Waals surface area contributed by atoms with Gasteiger partial charge in [0.25, 0.3) is 0 Å². The summed E-state index contributed by atoms with van der Waals surface area (Å²) in [6.45, 7) is 0. The number of carboxylic acids is 1. The molecule has 2 nitrogen and oxygen atoms in total. The van der Waals surface area contributed by atoms with E-state index in [0.717, 1.165) is 5.92 Å². The van der Waals surface area contributed by atoms with Crippen molar-refractivity contribution in [3.63, 3.8) is 0 Å². The third-order valence-corrected chi connectivity index (χ3v) is 4.74. The second-order valence-electron chi connectivity index (χ2n) is 5.60. The van der Waals surface area contributed by atoms with Gasteiger partial charge in [0.05, 0.1) is 6.42 Å². The Labute approximate surface area is 116 Å². The summed E-state index contributed by atoms with van der Waals surface area (Å²) in [5, 5.41) is 9.03. The molecule has 18 heavy (non-hydrogen) atoms. The minimum atomic E-state index is -0.686. The van der Waals surface area contributed by atoms with Gasteiger partial charge in [-0.2, -0.15) is 0 Å². The van der Waals surface area contributed by atoms with E-state index in [0.29, 0.717) is 5.92 Å². The average molecular weight is 309 g/mol. The summed E-state index contributed by atoms with van der Waals surface area (Å²) in [5.41, 5.74) is 2.58. The molecule has 0 amide bonds. The molecule has 2 saturated carbocycles. The molecule has 96 valence electrons. The Kier molecular flexibility index (Phi) is 3.18. The summed E-state index contributed by atoms with van der Waals surface area (Å²) >= 11 is 3.64. The Balaban J connectivity index is 1.84. The molecule has 0 bridgehead atoms. The van der Waals surface area contributed by atoms with Gasteiger partial charge in [-0.05, 0) is 60.6 Å². The van der Waals surface area contributed by atoms with Crippen LogP contribution in [0.4, 0.5) is 0 Å². The highest BCUT2D eigenvalue weighted by Gasteiger charge is 2.34. The van der Waals surface area contributed by atoms with Crippen LogP contribution in [0.1, 0.15) is 55.1 Å². The maximum atomic E-state index is 11.0. The first-order chi connectivity index (χ1) is 8.65. The largest absolute Gasteiger partial charge is 0.481 e. The number of carbonyl (C=O) groups is 1. The summed E-state index contributed by atoms with van der Waals surface area (Å²) in [4.78, 5) is 11.0. The highest BCUT2D eigenvalue weighted by Crippen LogP contribution is 2.47. The number of benzene rings is 1. The lowest BCUT2D eigenvalue weighted by atomic mass is 9.90. The lowest BCUT2D eigenvalue weighted by Gasteiger charge is -2.16. The van der Waals surface area contributed by atoms with Crippen LogP contribution >= 0.6 is 15.9 Å². The molecule has 0 saturated heterocycles. The number of halogens is 1. The van der Waals surface area contributed by atoms with Gasteiger partial charge in [0, 0.05) is 4.47 Å². The summed E-state index contributed by atoms with van der Waals surface area (Å²) in [6, 6.07) is 6.48. The average Bonchev–Trinajstić information content (AvgIpc) is 3.15. The van der Waals surface area contributed by atoms with E-state index in [2.05, 4.69) is 34.1 Å². The van der Waals surface area contributed by atoms with Gasteiger partial charge in [0.15, 0.2) is 0 Å². The van der Waals surface area contributed by atoms with Crippen LogP contribution in [0.15, 0.2) is 22.7 Å². The number of rotatable bonds is 5. The van der Waals surface area contributed by atoms with E-state index in [1.807, 2.05) is 0 Å². The minimum absolute atomic E-state index is 0.201. The highest BCUT2D eigenvalue weighted by molar-refractivity contribution is 9.10. The fraction of sp³-hybridized carbons (Fsp3) is 0.533. The predicted octanol–water partition coefficient (Wildman–Crippen LogP) is 4.29. The fourth-order valence-corrected chi connectivity index (χ4v) is 3.46. The Morgan fingerprint density at radius 1 is 1.33 bits per heavy atom. The van der Waals surface area contributed by atoms with Crippen LogP contribution in [-0.2, 0) is 4.79 Å². The monoisotopic (exact) mass is 308 g/mol. The summed E-state index contributed by atoms with van der Waals surface area (Å²) in [5.74, 6) is 0.827. The van der Waals surface area contributed by atoms with E-state index in [1.165, 1.54) is 41.3 Å². The van der Waals surface area contributed by atoms with Gasteiger partial charge in [-0.25, -0.2) is 0 Å². The van der Waals surface area contributed by atoms with Gasteiger partial charge in [-0.3, -0.25) is 4.79 Å². The molecule has 0 radical (unpaired) electrons. The Morgan fingerprint density at radius 3 is 2.56 bits per heavy atom. The van der Waals surface area contributed by atoms with Crippen LogP contribution in [0.3, 0.4) is 0 Å². The van der Waals surface area contributed by atoms with Crippen molar-refractivity contribution in [2.45, 2.75) is 43.9 Å². The molecular formula is C15H17BrO2. The maximum Gasteiger partial charge on any atom is 0.303 e. The van der Waals surface area contributed by atoms with Gasteiger partial charge in [-0.1, -0.05) is 28.1 Å². The molecular weight excluding hydrogens is 292 g/mol. The second-order valence-corrected chi connectivity index (χ2v) is 6.45. The number of aliphatic carboxylic acids is 1. The first-order valence-electron chi connectivity index (χ1n) is 6.66. The van der Waals surface area contributed by atoms with Crippen LogP contribution in [0, 0.1) is 5.92 Å². The van der Waals surface area contributed by atoms with Crippen molar-refractivity contribution in [1.82, 2.24) is 0 Å². The van der Waals surface area contributed by atoms with E-state index in [1.54, 1.807) is 0 Å². The molecule has 2 fully saturated rings.